The maximum Gasteiger partial charge on any atom is 0.191 e. The lowest BCUT2D eigenvalue weighted by atomic mass is 10.1. The summed E-state index contributed by atoms with van der Waals surface area (Å²) in [5, 5.41) is 11.1. The number of hydrogen-bond donors (Lipinski definition) is 2. The van der Waals surface area contributed by atoms with Crippen molar-refractivity contribution >= 4 is 41.3 Å². The van der Waals surface area contributed by atoms with E-state index in [1.54, 1.807) is 11.3 Å². The normalized spacial score (nSPS) is 14.7. The van der Waals surface area contributed by atoms with Crippen LogP contribution in [0.15, 0.2) is 21.8 Å². The van der Waals surface area contributed by atoms with Crippen LogP contribution < -0.4 is 10.6 Å². The quantitative estimate of drug-likeness (QED) is 0.453. The minimum absolute atomic E-state index is 0. The van der Waals surface area contributed by atoms with Crippen molar-refractivity contribution in [3.8, 4) is 0 Å². The first-order chi connectivity index (χ1) is 8.54. The Morgan fingerprint density at radius 2 is 2.00 bits per heavy atom. The largest absolute Gasteiger partial charge is 0.356 e. The minimum Gasteiger partial charge on any atom is -0.356 e. The summed E-state index contributed by atoms with van der Waals surface area (Å²) in [7, 11) is 1.82. The Balaban J connectivity index is 0.00000324. The molecule has 0 bridgehead atoms. The highest BCUT2D eigenvalue weighted by atomic mass is 127. The first-order valence-corrected chi connectivity index (χ1v) is 7.48. The molecule has 110 valence electrons. The molecule has 0 spiro atoms. The first kappa shape index (κ1) is 18.7. The van der Waals surface area contributed by atoms with Crippen molar-refractivity contribution in [3.05, 3.63) is 22.4 Å². The number of guanidine groups is 1. The fourth-order valence-corrected chi connectivity index (χ4v) is 2.28. The van der Waals surface area contributed by atoms with Gasteiger partial charge in [0.05, 0.1) is 0 Å². The van der Waals surface area contributed by atoms with Crippen molar-refractivity contribution < 1.29 is 0 Å². The lowest BCUT2D eigenvalue weighted by Gasteiger charge is -2.22. The van der Waals surface area contributed by atoms with Gasteiger partial charge in [0.15, 0.2) is 5.96 Å². The van der Waals surface area contributed by atoms with Gasteiger partial charge in [-0.05, 0) is 41.1 Å². The Morgan fingerprint density at radius 3 is 2.47 bits per heavy atom. The topological polar surface area (TPSA) is 36.4 Å². The van der Waals surface area contributed by atoms with Crippen molar-refractivity contribution in [1.82, 2.24) is 10.6 Å². The molecule has 0 radical (unpaired) electrons. The zero-order valence-corrected chi connectivity index (χ0v) is 15.6. The number of rotatable bonds is 5. The van der Waals surface area contributed by atoms with Crippen LogP contribution in [0.2, 0.25) is 0 Å². The number of hydrogen-bond acceptors (Lipinski definition) is 2. The van der Waals surface area contributed by atoms with Crippen LogP contribution in [0.25, 0.3) is 0 Å². The van der Waals surface area contributed by atoms with E-state index in [2.05, 4.69) is 60.1 Å². The lowest BCUT2D eigenvalue weighted by Crippen LogP contribution is -2.45. The van der Waals surface area contributed by atoms with Gasteiger partial charge in [-0.1, -0.05) is 20.8 Å². The van der Waals surface area contributed by atoms with Crippen LogP contribution in [0.5, 0.6) is 0 Å². The van der Waals surface area contributed by atoms with E-state index < -0.39 is 0 Å². The third-order valence-electron chi connectivity index (χ3n) is 3.28. The zero-order valence-electron chi connectivity index (χ0n) is 12.4. The van der Waals surface area contributed by atoms with Crippen molar-refractivity contribution in [2.75, 3.05) is 13.6 Å². The molecule has 3 nitrogen and oxygen atoms in total. The van der Waals surface area contributed by atoms with E-state index in [1.165, 1.54) is 5.56 Å². The minimum atomic E-state index is 0. The Kier molecular flexibility index (Phi) is 9.43. The van der Waals surface area contributed by atoms with Gasteiger partial charge in [0, 0.05) is 19.6 Å². The van der Waals surface area contributed by atoms with Crippen molar-refractivity contribution in [2.24, 2.45) is 10.9 Å². The maximum atomic E-state index is 4.26. The molecule has 2 N–H and O–H groups in total. The Labute approximate surface area is 138 Å². The van der Waals surface area contributed by atoms with Crippen LogP contribution in [0.3, 0.4) is 0 Å². The molecular formula is C14H26IN3S. The number of thiophene rings is 1. The van der Waals surface area contributed by atoms with Crippen LogP contribution in [0.1, 0.15) is 39.2 Å². The molecule has 0 aliphatic heterocycles. The summed E-state index contributed by atoms with van der Waals surface area (Å²) in [5.41, 5.74) is 1.39. The number of nitrogens with zero attached hydrogens (tertiary/aromatic N) is 1. The Bertz CT molecular complexity index is 363. The predicted octanol–water partition coefficient (Wildman–Crippen LogP) is 3.68. The summed E-state index contributed by atoms with van der Waals surface area (Å²) in [5.74, 6) is 1.99. The van der Waals surface area contributed by atoms with Gasteiger partial charge in [0.1, 0.15) is 0 Å². The van der Waals surface area contributed by atoms with E-state index in [4.69, 9.17) is 0 Å². The van der Waals surface area contributed by atoms with Gasteiger partial charge in [-0.2, -0.15) is 11.3 Å². The predicted molar refractivity (Wildman–Crippen MR) is 96.9 cm³/mol. The summed E-state index contributed by atoms with van der Waals surface area (Å²) in [4.78, 5) is 4.26. The molecular weight excluding hydrogens is 369 g/mol. The van der Waals surface area contributed by atoms with Crippen LogP contribution in [-0.2, 0) is 0 Å². The molecule has 2 atom stereocenters. The Morgan fingerprint density at radius 1 is 1.32 bits per heavy atom. The van der Waals surface area contributed by atoms with Crippen LogP contribution in [0, 0.1) is 5.92 Å². The molecule has 0 amide bonds. The summed E-state index contributed by atoms with van der Waals surface area (Å²) in [6.07, 6.45) is 0. The van der Waals surface area contributed by atoms with Gasteiger partial charge in [-0.15, -0.1) is 24.0 Å². The van der Waals surface area contributed by atoms with Gasteiger partial charge >= 0.3 is 0 Å². The van der Waals surface area contributed by atoms with Crippen LogP contribution in [-0.4, -0.2) is 25.6 Å². The maximum absolute atomic E-state index is 4.26. The molecule has 1 aromatic heterocycles. The highest BCUT2D eigenvalue weighted by Crippen LogP contribution is 2.16. The van der Waals surface area contributed by atoms with E-state index >= 15 is 0 Å². The molecule has 0 aliphatic carbocycles. The number of aliphatic imine (C=N–C) groups is 1. The summed E-state index contributed by atoms with van der Waals surface area (Å²) >= 11 is 1.75. The monoisotopic (exact) mass is 395 g/mol. The molecule has 0 aromatic carbocycles. The molecule has 2 unspecified atom stereocenters. The van der Waals surface area contributed by atoms with Gasteiger partial charge in [-0.3, -0.25) is 4.99 Å². The standard InChI is InChI=1S/C14H25N3S.HI/c1-10(2)12(4)17-14(15-5)16-8-11(3)13-6-7-18-9-13;/h6-7,9-12H,8H2,1-5H3,(H2,15,16,17);1H. The molecule has 5 heteroatoms. The highest BCUT2D eigenvalue weighted by Gasteiger charge is 2.10. The second-order valence-corrected chi connectivity index (χ2v) is 5.87. The fraction of sp³-hybridized carbons (Fsp3) is 0.643. The lowest BCUT2D eigenvalue weighted by molar-refractivity contribution is 0.480. The molecule has 0 fully saturated rings. The molecule has 1 rings (SSSR count). The summed E-state index contributed by atoms with van der Waals surface area (Å²) < 4.78 is 0. The second-order valence-electron chi connectivity index (χ2n) is 5.09. The summed E-state index contributed by atoms with van der Waals surface area (Å²) in [6, 6.07) is 2.61. The van der Waals surface area contributed by atoms with Crippen molar-refractivity contribution in [3.63, 3.8) is 0 Å². The highest BCUT2D eigenvalue weighted by molar-refractivity contribution is 14.0. The van der Waals surface area contributed by atoms with Crippen LogP contribution in [0.4, 0.5) is 0 Å². The average Bonchev–Trinajstić information content (AvgIpc) is 2.87. The third kappa shape index (κ3) is 6.61. The summed E-state index contributed by atoms with van der Waals surface area (Å²) in [6.45, 7) is 9.73. The average molecular weight is 395 g/mol. The molecule has 0 saturated carbocycles. The molecule has 0 aliphatic rings. The first-order valence-electron chi connectivity index (χ1n) is 6.53. The van der Waals surface area contributed by atoms with Gasteiger partial charge in [0.25, 0.3) is 0 Å². The third-order valence-corrected chi connectivity index (χ3v) is 3.98. The van der Waals surface area contributed by atoms with E-state index in [9.17, 15) is 0 Å². The van der Waals surface area contributed by atoms with Crippen LogP contribution >= 0.6 is 35.3 Å². The molecule has 1 heterocycles. The van der Waals surface area contributed by atoms with Gasteiger partial charge in [0.2, 0.25) is 0 Å². The van der Waals surface area contributed by atoms with E-state index in [1.807, 2.05) is 7.05 Å². The second kappa shape index (κ2) is 9.58. The SMILES string of the molecule is CN=C(NCC(C)c1ccsc1)NC(C)C(C)C.I. The molecule has 1 aromatic rings. The van der Waals surface area contributed by atoms with E-state index in [0.717, 1.165) is 12.5 Å². The molecule has 19 heavy (non-hydrogen) atoms. The van der Waals surface area contributed by atoms with E-state index in [-0.39, 0.29) is 24.0 Å². The van der Waals surface area contributed by atoms with Gasteiger partial charge < -0.3 is 10.6 Å². The van der Waals surface area contributed by atoms with Crippen molar-refractivity contribution in [2.45, 2.75) is 39.7 Å². The smallest absolute Gasteiger partial charge is 0.191 e. The van der Waals surface area contributed by atoms with Crippen molar-refractivity contribution in [1.29, 1.82) is 0 Å². The van der Waals surface area contributed by atoms with E-state index in [0.29, 0.717) is 17.9 Å². The number of halogens is 1. The van der Waals surface area contributed by atoms with Gasteiger partial charge in [-0.25, -0.2) is 0 Å². The Hall–Kier alpha value is -0.300. The molecule has 0 saturated heterocycles. The number of nitrogens with one attached hydrogen (secondary N) is 2. The zero-order chi connectivity index (χ0) is 13.5. The fourth-order valence-electron chi connectivity index (χ4n) is 1.50.